The van der Waals surface area contributed by atoms with Gasteiger partial charge in [-0.15, -0.1) is 22.7 Å². The zero-order valence-corrected chi connectivity index (χ0v) is 17.9. The van der Waals surface area contributed by atoms with E-state index in [2.05, 4.69) is 10.3 Å². The number of thiophene rings is 1. The van der Waals surface area contributed by atoms with Gasteiger partial charge in [0.1, 0.15) is 5.00 Å². The fourth-order valence-electron chi connectivity index (χ4n) is 3.53. The highest BCUT2D eigenvalue weighted by molar-refractivity contribution is 7.18. The number of benzene rings is 1. The summed E-state index contributed by atoms with van der Waals surface area (Å²) in [4.78, 5) is 41.7. The maximum atomic E-state index is 12.3. The topological polar surface area (TPSA) is 111 Å². The highest BCUT2D eigenvalue weighted by Crippen LogP contribution is 2.37. The lowest BCUT2D eigenvalue weighted by atomic mass is 9.95. The number of hydrogen-bond donors (Lipinski definition) is 2. The Bertz CT molecular complexity index is 1090. The van der Waals surface area contributed by atoms with Crippen molar-refractivity contribution in [3.63, 3.8) is 0 Å². The van der Waals surface area contributed by atoms with Gasteiger partial charge in [0.05, 0.1) is 27.2 Å². The third-order valence-corrected chi connectivity index (χ3v) is 7.22. The maximum absolute atomic E-state index is 12.3. The van der Waals surface area contributed by atoms with Crippen LogP contribution in [-0.2, 0) is 33.6 Å². The second-order valence-electron chi connectivity index (χ2n) is 7.06. The van der Waals surface area contributed by atoms with Crippen LogP contribution in [0.3, 0.4) is 0 Å². The Kier molecular flexibility index (Phi) is 6.10. The van der Waals surface area contributed by atoms with Crippen molar-refractivity contribution in [2.75, 3.05) is 11.9 Å². The van der Waals surface area contributed by atoms with Gasteiger partial charge in [0.25, 0.3) is 11.8 Å². The molecule has 1 aliphatic carbocycles. The van der Waals surface area contributed by atoms with Gasteiger partial charge in [0, 0.05) is 11.3 Å². The number of hydrogen-bond acceptors (Lipinski definition) is 7. The predicted octanol–water partition coefficient (Wildman–Crippen LogP) is 3.45. The monoisotopic (exact) mass is 443 g/mol. The standard InChI is InChI=1S/C21H21N3O4S2/c22-20(27)19-12-5-1-3-7-14(12)30-21(19)24-16(25)11-28-18(26)10-9-17-23-13-6-2-4-8-15(13)29-17/h2,4,6,8H,1,3,5,7,9-11H2,(H2,22,27)(H,24,25). The Labute approximate surface area is 181 Å². The first-order chi connectivity index (χ1) is 14.5. The van der Waals surface area contributed by atoms with Gasteiger partial charge in [-0.05, 0) is 43.4 Å². The lowest BCUT2D eigenvalue weighted by Gasteiger charge is -2.11. The average molecular weight is 444 g/mol. The molecule has 0 aliphatic heterocycles. The number of amides is 2. The number of carbonyl (C=O) groups excluding carboxylic acids is 3. The predicted molar refractivity (Wildman–Crippen MR) is 117 cm³/mol. The van der Waals surface area contributed by atoms with E-state index in [0.717, 1.165) is 51.3 Å². The van der Waals surface area contributed by atoms with Crippen molar-refractivity contribution in [2.45, 2.75) is 38.5 Å². The summed E-state index contributed by atoms with van der Waals surface area (Å²) < 4.78 is 6.16. The fourth-order valence-corrected chi connectivity index (χ4v) is 5.81. The molecule has 156 valence electrons. The van der Waals surface area contributed by atoms with Crippen molar-refractivity contribution in [1.29, 1.82) is 0 Å². The SMILES string of the molecule is NC(=O)c1c(NC(=O)COC(=O)CCc2nc3ccccc3s2)sc2c1CCCC2. The summed E-state index contributed by atoms with van der Waals surface area (Å²) in [5.41, 5.74) is 7.78. The lowest BCUT2D eigenvalue weighted by Crippen LogP contribution is -2.23. The number of anilines is 1. The van der Waals surface area contributed by atoms with Crippen molar-refractivity contribution in [3.8, 4) is 0 Å². The van der Waals surface area contributed by atoms with Crippen molar-refractivity contribution >= 4 is 55.7 Å². The lowest BCUT2D eigenvalue weighted by molar-refractivity contribution is -0.147. The zero-order valence-electron chi connectivity index (χ0n) is 16.2. The van der Waals surface area contributed by atoms with Crippen LogP contribution in [-0.4, -0.2) is 29.4 Å². The molecule has 0 fully saturated rings. The van der Waals surface area contributed by atoms with Crippen LogP contribution in [0.1, 0.15) is 45.1 Å². The van der Waals surface area contributed by atoms with Gasteiger partial charge in [0.15, 0.2) is 6.61 Å². The third-order valence-electron chi connectivity index (χ3n) is 4.92. The molecule has 3 N–H and O–H groups in total. The summed E-state index contributed by atoms with van der Waals surface area (Å²) in [6.07, 6.45) is 4.35. The van der Waals surface area contributed by atoms with Crippen LogP contribution in [0.4, 0.5) is 5.00 Å². The van der Waals surface area contributed by atoms with Crippen LogP contribution in [0.15, 0.2) is 24.3 Å². The summed E-state index contributed by atoms with van der Waals surface area (Å²) in [7, 11) is 0. The van der Waals surface area contributed by atoms with Crippen molar-refractivity contribution in [1.82, 2.24) is 4.98 Å². The summed E-state index contributed by atoms with van der Waals surface area (Å²) in [6.45, 7) is -0.403. The number of rotatable bonds is 7. The van der Waals surface area contributed by atoms with E-state index >= 15 is 0 Å². The number of para-hydroxylation sites is 1. The largest absolute Gasteiger partial charge is 0.456 e. The summed E-state index contributed by atoms with van der Waals surface area (Å²) in [5.74, 6) is -1.49. The minimum Gasteiger partial charge on any atom is -0.456 e. The van der Waals surface area contributed by atoms with E-state index in [4.69, 9.17) is 10.5 Å². The highest BCUT2D eigenvalue weighted by Gasteiger charge is 2.25. The number of fused-ring (bicyclic) bond motifs is 2. The smallest absolute Gasteiger partial charge is 0.306 e. The first kappa shape index (κ1) is 20.5. The molecule has 0 spiro atoms. The van der Waals surface area contributed by atoms with Gasteiger partial charge in [0.2, 0.25) is 0 Å². The van der Waals surface area contributed by atoms with E-state index in [1.54, 1.807) is 11.3 Å². The Morgan fingerprint density at radius 1 is 1.13 bits per heavy atom. The van der Waals surface area contributed by atoms with Crippen LogP contribution in [0.5, 0.6) is 0 Å². The third kappa shape index (κ3) is 4.52. The Hall–Kier alpha value is -2.78. The molecule has 3 aromatic rings. The van der Waals surface area contributed by atoms with E-state index in [9.17, 15) is 14.4 Å². The Morgan fingerprint density at radius 2 is 1.93 bits per heavy atom. The average Bonchev–Trinajstić information content (AvgIpc) is 3.31. The van der Waals surface area contributed by atoms with Gasteiger partial charge < -0.3 is 15.8 Å². The number of primary amides is 1. The van der Waals surface area contributed by atoms with Gasteiger partial charge in [-0.3, -0.25) is 14.4 Å². The Morgan fingerprint density at radius 3 is 2.73 bits per heavy atom. The van der Waals surface area contributed by atoms with Crippen LogP contribution < -0.4 is 11.1 Å². The highest BCUT2D eigenvalue weighted by atomic mass is 32.1. The van der Waals surface area contributed by atoms with E-state index in [1.807, 2.05) is 24.3 Å². The van der Waals surface area contributed by atoms with Gasteiger partial charge in [-0.25, -0.2) is 4.98 Å². The number of esters is 1. The molecule has 0 unspecified atom stereocenters. The molecule has 9 heteroatoms. The minimum atomic E-state index is -0.544. The van der Waals surface area contributed by atoms with Gasteiger partial charge >= 0.3 is 5.97 Å². The van der Waals surface area contributed by atoms with Crippen LogP contribution in [0, 0.1) is 0 Å². The molecule has 7 nitrogen and oxygen atoms in total. The molecule has 1 aromatic carbocycles. The van der Waals surface area contributed by atoms with Crippen LogP contribution >= 0.6 is 22.7 Å². The normalized spacial score (nSPS) is 13.1. The summed E-state index contributed by atoms with van der Waals surface area (Å²) >= 11 is 2.92. The second kappa shape index (κ2) is 8.93. The molecular formula is C21H21N3O4S2. The van der Waals surface area contributed by atoms with E-state index in [0.29, 0.717) is 17.0 Å². The number of thiazole rings is 1. The molecule has 0 bridgehead atoms. The molecule has 1 aliphatic rings. The molecule has 0 saturated heterocycles. The molecule has 30 heavy (non-hydrogen) atoms. The van der Waals surface area contributed by atoms with Crippen molar-refractivity contribution in [2.24, 2.45) is 5.73 Å². The second-order valence-corrected chi connectivity index (χ2v) is 9.28. The van der Waals surface area contributed by atoms with E-state index in [-0.39, 0.29) is 6.42 Å². The molecule has 2 amide bonds. The van der Waals surface area contributed by atoms with Crippen molar-refractivity contribution in [3.05, 3.63) is 45.3 Å². The Balaban J connectivity index is 1.30. The fraction of sp³-hybridized carbons (Fsp3) is 0.333. The molecular weight excluding hydrogens is 422 g/mol. The number of nitrogens with zero attached hydrogens (tertiary/aromatic N) is 1. The van der Waals surface area contributed by atoms with Crippen molar-refractivity contribution < 1.29 is 19.1 Å². The molecule has 0 saturated carbocycles. The molecule has 0 atom stereocenters. The number of nitrogens with one attached hydrogen (secondary N) is 1. The quantitative estimate of drug-likeness (QED) is 0.543. The first-order valence-corrected chi connectivity index (χ1v) is 11.4. The number of nitrogens with two attached hydrogens (primary N) is 1. The zero-order chi connectivity index (χ0) is 21.1. The number of carbonyl (C=O) groups is 3. The maximum Gasteiger partial charge on any atom is 0.306 e. The molecule has 2 heterocycles. The van der Waals surface area contributed by atoms with Gasteiger partial charge in [-0.2, -0.15) is 0 Å². The molecule has 2 aromatic heterocycles. The van der Waals surface area contributed by atoms with Crippen LogP contribution in [0.2, 0.25) is 0 Å². The van der Waals surface area contributed by atoms with Crippen LogP contribution in [0.25, 0.3) is 10.2 Å². The molecule has 0 radical (unpaired) electrons. The van der Waals surface area contributed by atoms with E-state index < -0.39 is 24.4 Å². The van der Waals surface area contributed by atoms with Gasteiger partial charge in [-0.1, -0.05) is 12.1 Å². The summed E-state index contributed by atoms with van der Waals surface area (Å²) in [6, 6.07) is 7.79. The first-order valence-electron chi connectivity index (χ1n) is 9.75. The van der Waals surface area contributed by atoms with E-state index in [1.165, 1.54) is 11.3 Å². The summed E-state index contributed by atoms with van der Waals surface area (Å²) in [5, 5.41) is 3.99. The number of ether oxygens (including phenoxy) is 1. The minimum absolute atomic E-state index is 0.146. The number of aryl methyl sites for hydroxylation is 2. The number of aromatic nitrogens is 1. The molecule has 4 rings (SSSR count).